The summed E-state index contributed by atoms with van der Waals surface area (Å²) in [5, 5.41) is 4.32. The van der Waals surface area contributed by atoms with Gasteiger partial charge in [0.1, 0.15) is 9.79 Å². The van der Waals surface area contributed by atoms with E-state index in [1.807, 2.05) is 0 Å². The van der Waals surface area contributed by atoms with E-state index in [-0.39, 0.29) is 4.90 Å². The number of primary sulfonamides is 1. The number of hydrogen-bond acceptors (Lipinski definition) is 6. The number of hydrogen-bond donors (Lipinski definition) is 2. The predicted octanol–water partition coefficient (Wildman–Crippen LogP) is 1.07. The molecule has 2 aromatic carbocycles. The molecule has 0 radical (unpaired) electrons. The van der Waals surface area contributed by atoms with Crippen molar-refractivity contribution in [1.29, 1.82) is 0 Å². The molecule has 12 heteroatoms. The monoisotopic (exact) mass is 411 g/mol. The largest absolute Gasteiger partial charge is 0.296 e. The first-order valence-electron chi connectivity index (χ1n) is 5.99. The van der Waals surface area contributed by atoms with Crippen LogP contribution in [-0.4, -0.2) is 29.8 Å². The molecule has 0 aromatic heterocycles. The normalized spacial score (nSPS) is 13.0. The van der Waals surface area contributed by atoms with Gasteiger partial charge in [0, 0.05) is 0 Å². The zero-order chi connectivity index (χ0) is 18.3. The summed E-state index contributed by atoms with van der Waals surface area (Å²) in [7, 11) is -13.9. The summed E-state index contributed by atoms with van der Waals surface area (Å²) in [6, 6.07) is 7.83. The van der Waals surface area contributed by atoms with Gasteiger partial charge >= 0.3 is 0 Å². The lowest BCUT2D eigenvalue weighted by Crippen LogP contribution is -2.18. The molecule has 0 heterocycles. The number of halogens is 1. The third kappa shape index (κ3) is 3.61. The van der Waals surface area contributed by atoms with E-state index in [1.165, 1.54) is 24.3 Å². The molecule has 24 heavy (non-hydrogen) atoms. The van der Waals surface area contributed by atoms with E-state index in [9.17, 15) is 25.3 Å². The van der Waals surface area contributed by atoms with Gasteiger partial charge in [0.25, 0.3) is 10.1 Å². The van der Waals surface area contributed by atoms with Gasteiger partial charge in [-0.05, 0) is 24.3 Å². The van der Waals surface area contributed by atoms with Crippen LogP contribution >= 0.6 is 11.6 Å². The van der Waals surface area contributed by atoms with Gasteiger partial charge in [0.05, 0.1) is 14.8 Å². The van der Waals surface area contributed by atoms with Gasteiger partial charge in [-0.25, -0.2) is 22.0 Å². The van der Waals surface area contributed by atoms with Gasteiger partial charge in [-0.2, -0.15) is 8.42 Å². The standard InChI is InChI=1S/C12H10ClNO7S3/c13-9-6-11(22(15,16)8-4-2-1-3-5-8)12(23(14,17)18)7-10(9)24(19,20)21/h1-7H,(H2,14,17,18)(H,19,20,21). The van der Waals surface area contributed by atoms with Crippen molar-refractivity contribution >= 4 is 41.6 Å². The number of benzene rings is 2. The van der Waals surface area contributed by atoms with E-state index >= 15 is 0 Å². The van der Waals surface area contributed by atoms with E-state index in [2.05, 4.69) is 0 Å². The molecule has 0 aliphatic heterocycles. The molecule has 0 aliphatic carbocycles. The summed E-state index contributed by atoms with van der Waals surface area (Å²) in [6.45, 7) is 0. The SMILES string of the molecule is NS(=O)(=O)c1cc(S(=O)(=O)O)c(Cl)cc1S(=O)(=O)c1ccccc1. The summed E-state index contributed by atoms with van der Waals surface area (Å²) >= 11 is 5.69. The van der Waals surface area contributed by atoms with Crippen molar-refractivity contribution < 1.29 is 29.8 Å². The molecule has 0 unspecified atom stereocenters. The minimum absolute atomic E-state index is 0.245. The van der Waals surface area contributed by atoms with E-state index in [1.54, 1.807) is 6.07 Å². The maximum absolute atomic E-state index is 12.6. The van der Waals surface area contributed by atoms with Gasteiger partial charge in [-0.3, -0.25) is 4.55 Å². The van der Waals surface area contributed by atoms with Crippen LogP contribution in [-0.2, 0) is 30.0 Å². The molecule has 0 aliphatic rings. The summed E-state index contributed by atoms with van der Waals surface area (Å²) in [4.78, 5) is -3.01. The molecule has 0 spiro atoms. The van der Waals surface area contributed by atoms with Crippen LogP contribution in [0.2, 0.25) is 5.02 Å². The quantitative estimate of drug-likeness (QED) is 0.714. The Morgan fingerprint density at radius 2 is 1.38 bits per heavy atom. The lowest BCUT2D eigenvalue weighted by Gasteiger charge is -2.12. The molecular weight excluding hydrogens is 402 g/mol. The van der Waals surface area contributed by atoms with Crippen molar-refractivity contribution in [3.05, 3.63) is 47.5 Å². The van der Waals surface area contributed by atoms with E-state index in [4.69, 9.17) is 21.3 Å². The third-order valence-electron chi connectivity index (χ3n) is 2.93. The van der Waals surface area contributed by atoms with Crippen molar-refractivity contribution in [3.8, 4) is 0 Å². The average Bonchev–Trinajstić information content (AvgIpc) is 2.45. The van der Waals surface area contributed by atoms with Crippen molar-refractivity contribution in [3.63, 3.8) is 0 Å². The Morgan fingerprint density at radius 3 is 1.83 bits per heavy atom. The number of rotatable bonds is 4. The molecular formula is C12H10ClNO7S3. The van der Waals surface area contributed by atoms with Gasteiger partial charge in [-0.15, -0.1) is 0 Å². The summed E-state index contributed by atoms with van der Waals surface area (Å²) in [5.41, 5.74) is 0. The first kappa shape index (κ1) is 18.8. The van der Waals surface area contributed by atoms with Gasteiger partial charge < -0.3 is 0 Å². The van der Waals surface area contributed by atoms with E-state index < -0.39 is 49.7 Å². The van der Waals surface area contributed by atoms with Crippen LogP contribution in [0.5, 0.6) is 0 Å². The second-order valence-electron chi connectivity index (χ2n) is 4.57. The molecule has 2 aromatic rings. The minimum atomic E-state index is -4.89. The summed E-state index contributed by atoms with van der Waals surface area (Å²) in [6.07, 6.45) is 0. The molecule has 0 atom stereocenters. The first-order valence-corrected chi connectivity index (χ1v) is 10.8. The zero-order valence-corrected chi connectivity index (χ0v) is 14.8. The maximum atomic E-state index is 12.6. The molecule has 130 valence electrons. The highest BCUT2D eigenvalue weighted by atomic mass is 35.5. The van der Waals surface area contributed by atoms with Gasteiger partial charge in [0.2, 0.25) is 19.9 Å². The molecule has 0 fully saturated rings. The average molecular weight is 412 g/mol. The Balaban J connectivity index is 2.93. The van der Waals surface area contributed by atoms with Crippen LogP contribution in [0.1, 0.15) is 0 Å². The fourth-order valence-corrected chi connectivity index (χ4v) is 5.71. The molecule has 2 rings (SSSR count). The molecule has 8 nitrogen and oxygen atoms in total. The first-order chi connectivity index (χ1) is 10.8. The van der Waals surface area contributed by atoms with Crippen molar-refractivity contribution in [1.82, 2.24) is 0 Å². The zero-order valence-electron chi connectivity index (χ0n) is 11.6. The summed E-state index contributed by atoms with van der Waals surface area (Å²) in [5.74, 6) is 0. The topological polar surface area (TPSA) is 149 Å². The van der Waals surface area contributed by atoms with Crippen LogP contribution in [0.15, 0.2) is 62.0 Å². The fraction of sp³-hybridized carbons (Fsp3) is 0. The molecule has 0 amide bonds. The number of sulfone groups is 1. The Kier molecular flexibility index (Phi) is 4.78. The number of nitrogens with two attached hydrogens (primary N) is 1. The highest BCUT2D eigenvalue weighted by Gasteiger charge is 2.30. The Morgan fingerprint density at radius 1 is 0.833 bits per heavy atom. The second-order valence-corrected chi connectivity index (χ2v) is 9.81. The highest BCUT2D eigenvalue weighted by Crippen LogP contribution is 2.33. The van der Waals surface area contributed by atoms with Crippen LogP contribution in [0.25, 0.3) is 0 Å². The molecule has 0 saturated heterocycles. The lowest BCUT2D eigenvalue weighted by atomic mass is 10.3. The predicted molar refractivity (Wildman–Crippen MR) is 84.5 cm³/mol. The maximum Gasteiger partial charge on any atom is 0.296 e. The molecule has 0 saturated carbocycles. The fourth-order valence-electron chi connectivity index (χ4n) is 1.87. The third-order valence-corrected chi connectivity index (χ3v) is 7.13. The minimum Gasteiger partial charge on any atom is -0.282 e. The van der Waals surface area contributed by atoms with Crippen molar-refractivity contribution in [2.24, 2.45) is 5.14 Å². The lowest BCUT2D eigenvalue weighted by molar-refractivity contribution is 0.482. The highest BCUT2D eigenvalue weighted by molar-refractivity contribution is 7.93. The van der Waals surface area contributed by atoms with Gasteiger partial charge in [0.15, 0.2) is 0 Å². The smallest absolute Gasteiger partial charge is 0.282 e. The van der Waals surface area contributed by atoms with Crippen LogP contribution in [0.4, 0.5) is 0 Å². The van der Waals surface area contributed by atoms with E-state index in [0.29, 0.717) is 12.1 Å². The van der Waals surface area contributed by atoms with Crippen LogP contribution in [0, 0.1) is 0 Å². The molecule has 3 N–H and O–H groups in total. The van der Waals surface area contributed by atoms with E-state index in [0.717, 1.165) is 0 Å². The summed E-state index contributed by atoms with van der Waals surface area (Å²) < 4.78 is 80.3. The Labute approximate surface area is 143 Å². The Bertz CT molecular complexity index is 1110. The Hall–Kier alpha value is -1.50. The van der Waals surface area contributed by atoms with Crippen molar-refractivity contribution in [2.75, 3.05) is 0 Å². The number of sulfonamides is 1. The second kappa shape index (κ2) is 6.10. The van der Waals surface area contributed by atoms with Crippen molar-refractivity contribution in [2.45, 2.75) is 19.6 Å². The molecule has 0 bridgehead atoms. The van der Waals surface area contributed by atoms with Gasteiger partial charge in [-0.1, -0.05) is 29.8 Å². The van der Waals surface area contributed by atoms with Crippen LogP contribution < -0.4 is 5.14 Å². The van der Waals surface area contributed by atoms with Crippen LogP contribution in [0.3, 0.4) is 0 Å².